The normalized spacial score (nSPS) is 12.2. The Morgan fingerprint density at radius 1 is 1.23 bits per heavy atom. The molecule has 3 nitrogen and oxygen atoms in total. The van der Waals surface area contributed by atoms with Crippen molar-refractivity contribution in [2.45, 2.75) is 6.04 Å². The Balaban J connectivity index is 2.08. The van der Waals surface area contributed by atoms with Gasteiger partial charge >= 0.3 is 0 Å². The zero-order chi connectivity index (χ0) is 16.1. The molecule has 1 N–H and O–H groups in total. The first kappa shape index (κ1) is 16.5. The maximum absolute atomic E-state index is 13.0. The zero-order valence-corrected chi connectivity index (χ0v) is 13.3. The van der Waals surface area contributed by atoms with Gasteiger partial charge in [0.1, 0.15) is 5.82 Å². The molecule has 0 radical (unpaired) electrons. The van der Waals surface area contributed by atoms with E-state index in [1.54, 1.807) is 0 Å². The first-order valence-corrected chi connectivity index (χ1v) is 7.31. The van der Waals surface area contributed by atoms with E-state index in [1.807, 2.05) is 49.3 Å². The van der Waals surface area contributed by atoms with Crippen molar-refractivity contribution in [1.29, 1.82) is 0 Å². The van der Waals surface area contributed by atoms with Gasteiger partial charge in [0.2, 0.25) is 0 Å². The molecule has 0 bridgehead atoms. The number of carbonyl (C=O) groups excluding carboxylic acids is 1. The summed E-state index contributed by atoms with van der Waals surface area (Å²) >= 11 is 5.91. The van der Waals surface area contributed by atoms with E-state index in [0.29, 0.717) is 6.54 Å². The van der Waals surface area contributed by atoms with Gasteiger partial charge in [-0.15, -0.1) is 0 Å². The van der Waals surface area contributed by atoms with Crippen molar-refractivity contribution in [3.05, 3.63) is 70.5 Å². The molecule has 0 aliphatic carbocycles. The largest absolute Gasteiger partial charge is 0.350 e. The molecule has 1 amide bonds. The summed E-state index contributed by atoms with van der Waals surface area (Å²) in [5.74, 6) is -0.773. The highest BCUT2D eigenvalue weighted by molar-refractivity contribution is 6.33. The average Bonchev–Trinajstić information content (AvgIpc) is 2.48. The van der Waals surface area contributed by atoms with E-state index in [4.69, 9.17) is 11.6 Å². The van der Waals surface area contributed by atoms with Crippen LogP contribution in [0.4, 0.5) is 4.39 Å². The minimum Gasteiger partial charge on any atom is -0.350 e. The summed E-state index contributed by atoms with van der Waals surface area (Å²) in [5.41, 5.74) is 1.38. The second-order valence-corrected chi connectivity index (χ2v) is 5.63. The number of hydrogen-bond acceptors (Lipinski definition) is 2. The van der Waals surface area contributed by atoms with Gasteiger partial charge in [0.15, 0.2) is 0 Å². The van der Waals surface area contributed by atoms with Crippen molar-refractivity contribution in [2.24, 2.45) is 0 Å². The average molecular weight is 321 g/mol. The van der Waals surface area contributed by atoms with Crippen molar-refractivity contribution in [1.82, 2.24) is 10.2 Å². The minimum absolute atomic E-state index is 0.0457. The lowest BCUT2D eigenvalue weighted by Gasteiger charge is -2.25. The van der Waals surface area contributed by atoms with Crippen LogP contribution in [0.5, 0.6) is 0 Å². The molecule has 5 heteroatoms. The Bertz CT molecular complexity index is 646. The summed E-state index contributed by atoms with van der Waals surface area (Å²) in [6.45, 7) is 0.434. The van der Waals surface area contributed by atoms with Crippen LogP contribution in [0, 0.1) is 5.82 Å². The molecule has 0 aliphatic rings. The van der Waals surface area contributed by atoms with Gasteiger partial charge in [-0.3, -0.25) is 4.79 Å². The summed E-state index contributed by atoms with van der Waals surface area (Å²) in [5, 5.41) is 2.96. The molecule has 0 saturated carbocycles. The number of carbonyl (C=O) groups is 1. The topological polar surface area (TPSA) is 32.3 Å². The zero-order valence-electron chi connectivity index (χ0n) is 12.5. The number of nitrogens with one attached hydrogen (secondary N) is 1. The minimum atomic E-state index is -0.461. The molecule has 2 aromatic carbocycles. The van der Waals surface area contributed by atoms with Crippen LogP contribution >= 0.6 is 11.6 Å². The molecular formula is C17H18ClFN2O. The summed E-state index contributed by atoms with van der Waals surface area (Å²) in [6, 6.07) is 13.7. The van der Waals surface area contributed by atoms with Crippen LogP contribution in [0.1, 0.15) is 22.0 Å². The van der Waals surface area contributed by atoms with Gasteiger partial charge in [-0.25, -0.2) is 4.39 Å². The van der Waals surface area contributed by atoms with Gasteiger partial charge in [-0.2, -0.15) is 0 Å². The maximum atomic E-state index is 13.0. The first-order chi connectivity index (χ1) is 10.5. The third kappa shape index (κ3) is 4.06. The molecule has 1 atom stereocenters. The molecule has 0 heterocycles. The molecule has 2 aromatic rings. The highest BCUT2D eigenvalue weighted by Gasteiger charge is 2.17. The van der Waals surface area contributed by atoms with Gasteiger partial charge in [-0.1, -0.05) is 41.9 Å². The van der Waals surface area contributed by atoms with Gasteiger partial charge in [0, 0.05) is 6.54 Å². The van der Waals surface area contributed by atoms with E-state index >= 15 is 0 Å². The van der Waals surface area contributed by atoms with E-state index in [1.165, 1.54) is 12.1 Å². The van der Waals surface area contributed by atoms with Crippen LogP contribution in [0.15, 0.2) is 48.5 Å². The summed E-state index contributed by atoms with van der Waals surface area (Å²) in [6.07, 6.45) is 0. The Labute approximate surface area is 134 Å². The third-order valence-electron chi connectivity index (χ3n) is 3.44. The number of likely N-dealkylation sites (N-methyl/N-ethyl adjacent to an activating group) is 1. The van der Waals surface area contributed by atoms with Crippen molar-refractivity contribution < 1.29 is 9.18 Å². The fraction of sp³-hybridized carbons (Fsp3) is 0.235. The second-order valence-electron chi connectivity index (χ2n) is 5.22. The highest BCUT2D eigenvalue weighted by atomic mass is 35.5. The van der Waals surface area contributed by atoms with Crippen molar-refractivity contribution in [3.63, 3.8) is 0 Å². The fourth-order valence-corrected chi connectivity index (χ4v) is 2.49. The summed E-state index contributed by atoms with van der Waals surface area (Å²) in [7, 11) is 3.91. The van der Waals surface area contributed by atoms with Gasteiger partial charge < -0.3 is 10.2 Å². The monoisotopic (exact) mass is 320 g/mol. The van der Waals surface area contributed by atoms with Crippen molar-refractivity contribution >= 4 is 17.5 Å². The standard InChI is InChI=1S/C17H18ClFN2O/c1-21(2)16(12-6-4-3-5-7-12)11-20-17(22)14-9-8-13(19)10-15(14)18/h3-10,16H,11H2,1-2H3,(H,20,22)/t16-/m0/s1. The lowest BCUT2D eigenvalue weighted by Crippen LogP contribution is -2.34. The highest BCUT2D eigenvalue weighted by Crippen LogP contribution is 2.19. The van der Waals surface area contributed by atoms with E-state index in [0.717, 1.165) is 11.6 Å². The SMILES string of the molecule is CN(C)[C@@H](CNC(=O)c1ccc(F)cc1Cl)c1ccccc1. The lowest BCUT2D eigenvalue weighted by atomic mass is 10.1. The molecule has 0 saturated heterocycles. The number of benzene rings is 2. The summed E-state index contributed by atoms with van der Waals surface area (Å²) in [4.78, 5) is 14.2. The third-order valence-corrected chi connectivity index (χ3v) is 3.75. The Hall–Kier alpha value is -1.91. The van der Waals surface area contributed by atoms with Crippen LogP contribution < -0.4 is 5.32 Å². The molecule has 0 unspecified atom stereocenters. The van der Waals surface area contributed by atoms with Crippen LogP contribution in [-0.4, -0.2) is 31.4 Å². The molecular weight excluding hydrogens is 303 g/mol. The predicted octanol–water partition coefficient (Wildman–Crippen LogP) is 3.51. The molecule has 0 aromatic heterocycles. The van der Waals surface area contributed by atoms with E-state index in [9.17, 15) is 9.18 Å². The quantitative estimate of drug-likeness (QED) is 0.914. The number of halogens is 2. The van der Waals surface area contributed by atoms with Crippen LogP contribution in [-0.2, 0) is 0 Å². The number of hydrogen-bond donors (Lipinski definition) is 1. The van der Waals surface area contributed by atoms with Crippen molar-refractivity contribution in [3.8, 4) is 0 Å². The molecule has 2 rings (SSSR count). The second kappa shape index (κ2) is 7.38. The van der Waals surface area contributed by atoms with Gasteiger partial charge in [0.25, 0.3) is 5.91 Å². The number of amides is 1. The van der Waals surface area contributed by atoms with E-state index in [2.05, 4.69) is 5.32 Å². The lowest BCUT2D eigenvalue weighted by molar-refractivity contribution is 0.0942. The first-order valence-electron chi connectivity index (χ1n) is 6.93. The van der Waals surface area contributed by atoms with Crippen molar-refractivity contribution in [2.75, 3.05) is 20.6 Å². The molecule has 116 valence electrons. The number of nitrogens with zero attached hydrogens (tertiary/aromatic N) is 1. The smallest absolute Gasteiger partial charge is 0.252 e. The maximum Gasteiger partial charge on any atom is 0.252 e. The van der Waals surface area contributed by atoms with Gasteiger partial charge in [0.05, 0.1) is 16.6 Å². The number of rotatable bonds is 5. The van der Waals surface area contributed by atoms with Crippen LogP contribution in [0.25, 0.3) is 0 Å². The van der Waals surface area contributed by atoms with Crippen LogP contribution in [0.2, 0.25) is 5.02 Å². The van der Waals surface area contributed by atoms with E-state index in [-0.39, 0.29) is 22.5 Å². The van der Waals surface area contributed by atoms with E-state index < -0.39 is 5.82 Å². The Morgan fingerprint density at radius 3 is 2.50 bits per heavy atom. The predicted molar refractivity (Wildman–Crippen MR) is 86.6 cm³/mol. The fourth-order valence-electron chi connectivity index (χ4n) is 2.23. The van der Waals surface area contributed by atoms with Gasteiger partial charge in [-0.05, 0) is 37.9 Å². The molecule has 22 heavy (non-hydrogen) atoms. The Morgan fingerprint density at radius 2 is 1.91 bits per heavy atom. The Kier molecular flexibility index (Phi) is 5.52. The molecule has 0 aliphatic heterocycles. The summed E-state index contributed by atoms with van der Waals surface area (Å²) < 4.78 is 13.0. The van der Waals surface area contributed by atoms with Crippen LogP contribution in [0.3, 0.4) is 0 Å². The molecule has 0 spiro atoms. The molecule has 0 fully saturated rings.